The van der Waals surface area contributed by atoms with Crippen molar-refractivity contribution in [1.29, 1.82) is 0 Å². The lowest BCUT2D eigenvalue weighted by Gasteiger charge is -2.40. The molecule has 1 saturated heterocycles. The molecule has 0 aromatic rings. The molecule has 1 aliphatic carbocycles. The molecule has 0 aromatic heterocycles. The molecule has 1 heterocycles. The van der Waals surface area contributed by atoms with Crippen LogP contribution in [0.4, 0.5) is 0 Å². The highest BCUT2D eigenvalue weighted by Crippen LogP contribution is 2.32. The Bertz CT molecular complexity index is 327. The van der Waals surface area contributed by atoms with E-state index >= 15 is 0 Å². The van der Waals surface area contributed by atoms with Gasteiger partial charge < -0.3 is 10.6 Å². The van der Waals surface area contributed by atoms with Crippen molar-refractivity contribution in [3.8, 4) is 0 Å². The van der Waals surface area contributed by atoms with Crippen LogP contribution in [0.15, 0.2) is 0 Å². The van der Waals surface area contributed by atoms with Gasteiger partial charge >= 0.3 is 0 Å². The maximum absolute atomic E-state index is 12.5. The van der Waals surface area contributed by atoms with Crippen LogP contribution < -0.4 is 10.6 Å². The fourth-order valence-corrected chi connectivity index (χ4v) is 3.62. The van der Waals surface area contributed by atoms with Crippen LogP contribution in [0.2, 0.25) is 0 Å². The van der Waals surface area contributed by atoms with Crippen molar-refractivity contribution in [1.82, 2.24) is 10.6 Å². The van der Waals surface area contributed by atoms with Gasteiger partial charge in [-0.15, -0.1) is 0 Å². The smallest absolute Gasteiger partial charge is 0.237 e. The summed E-state index contributed by atoms with van der Waals surface area (Å²) in [4.78, 5) is 12.5. The number of hydrogen-bond donors (Lipinski definition) is 2. The molecule has 19 heavy (non-hydrogen) atoms. The van der Waals surface area contributed by atoms with E-state index in [1.807, 2.05) is 0 Å². The fraction of sp³-hybridized carbons (Fsp3) is 0.938. The third-order valence-corrected chi connectivity index (χ3v) is 5.33. The highest BCUT2D eigenvalue weighted by molar-refractivity contribution is 5.83. The third kappa shape index (κ3) is 3.50. The lowest BCUT2D eigenvalue weighted by Crippen LogP contribution is -2.57. The lowest BCUT2D eigenvalue weighted by molar-refractivity contribution is -0.127. The van der Waals surface area contributed by atoms with Crippen molar-refractivity contribution in [3.05, 3.63) is 0 Å². The van der Waals surface area contributed by atoms with Gasteiger partial charge in [-0.2, -0.15) is 0 Å². The topological polar surface area (TPSA) is 41.1 Å². The fourth-order valence-electron chi connectivity index (χ4n) is 3.62. The summed E-state index contributed by atoms with van der Waals surface area (Å²) in [6.45, 7) is 10.0. The molecule has 0 bridgehead atoms. The van der Waals surface area contributed by atoms with Gasteiger partial charge in [-0.1, -0.05) is 27.7 Å². The molecular weight excluding hydrogens is 236 g/mol. The molecule has 0 radical (unpaired) electrons. The average molecular weight is 266 g/mol. The van der Waals surface area contributed by atoms with Crippen LogP contribution in [0.1, 0.15) is 59.8 Å². The monoisotopic (exact) mass is 266 g/mol. The van der Waals surface area contributed by atoms with Gasteiger partial charge in [0.15, 0.2) is 0 Å². The predicted molar refractivity (Wildman–Crippen MR) is 78.9 cm³/mol. The first-order valence-corrected chi connectivity index (χ1v) is 7.94. The first-order chi connectivity index (χ1) is 8.90. The lowest BCUT2D eigenvalue weighted by atomic mass is 9.76. The van der Waals surface area contributed by atoms with E-state index in [1.54, 1.807) is 0 Å². The second kappa shape index (κ2) is 5.82. The van der Waals surface area contributed by atoms with Gasteiger partial charge in [-0.3, -0.25) is 4.79 Å². The van der Waals surface area contributed by atoms with Gasteiger partial charge in [0.05, 0.1) is 6.04 Å². The van der Waals surface area contributed by atoms with Crippen LogP contribution >= 0.6 is 0 Å². The van der Waals surface area contributed by atoms with Crippen LogP contribution in [0.5, 0.6) is 0 Å². The second-order valence-electron chi connectivity index (χ2n) is 7.45. The maximum Gasteiger partial charge on any atom is 0.237 e. The molecule has 2 fully saturated rings. The normalized spacial score (nSPS) is 38.7. The van der Waals surface area contributed by atoms with Crippen molar-refractivity contribution in [2.45, 2.75) is 71.9 Å². The van der Waals surface area contributed by atoms with Crippen LogP contribution in [0.25, 0.3) is 0 Å². The standard InChI is InChI=1S/C16H30N2O/c1-11-6-7-13(10-12(11)2)18-15(19)14-16(3,4)8-5-9-17-14/h11-14,17H,5-10H2,1-4H3,(H,18,19). The highest BCUT2D eigenvalue weighted by atomic mass is 16.2. The Morgan fingerprint density at radius 3 is 2.58 bits per heavy atom. The molecule has 1 amide bonds. The minimum Gasteiger partial charge on any atom is -0.352 e. The zero-order valence-electron chi connectivity index (χ0n) is 13.0. The molecule has 1 aliphatic heterocycles. The molecule has 2 aliphatic rings. The largest absolute Gasteiger partial charge is 0.352 e. The van der Waals surface area contributed by atoms with Crippen molar-refractivity contribution in [2.75, 3.05) is 6.54 Å². The highest BCUT2D eigenvalue weighted by Gasteiger charge is 2.38. The van der Waals surface area contributed by atoms with E-state index in [9.17, 15) is 4.79 Å². The first-order valence-electron chi connectivity index (χ1n) is 7.94. The van der Waals surface area contributed by atoms with Crippen LogP contribution in [-0.4, -0.2) is 24.5 Å². The summed E-state index contributed by atoms with van der Waals surface area (Å²) in [5, 5.41) is 6.70. The summed E-state index contributed by atoms with van der Waals surface area (Å²) in [7, 11) is 0. The second-order valence-corrected chi connectivity index (χ2v) is 7.45. The molecule has 2 rings (SSSR count). The van der Waals surface area contributed by atoms with Crippen molar-refractivity contribution in [3.63, 3.8) is 0 Å². The average Bonchev–Trinajstić information content (AvgIpc) is 2.33. The minimum absolute atomic E-state index is 0.0177. The molecule has 3 nitrogen and oxygen atoms in total. The molecule has 4 atom stereocenters. The van der Waals surface area contributed by atoms with E-state index in [4.69, 9.17) is 0 Å². The SMILES string of the molecule is CC1CCC(NC(=O)C2NCCCC2(C)C)CC1C. The number of rotatable bonds is 2. The molecular formula is C16H30N2O. The molecule has 2 N–H and O–H groups in total. The van der Waals surface area contributed by atoms with Crippen molar-refractivity contribution >= 4 is 5.91 Å². The predicted octanol–water partition coefficient (Wildman–Crippen LogP) is 2.71. The van der Waals surface area contributed by atoms with Gasteiger partial charge in [0.1, 0.15) is 0 Å². The number of hydrogen-bond acceptors (Lipinski definition) is 2. The van der Waals surface area contributed by atoms with Crippen LogP contribution in [-0.2, 0) is 4.79 Å². The number of carbonyl (C=O) groups excluding carboxylic acids is 1. The van der Waals surface area contributed by atoms with Gasteiger partial charge in [-0.05, 0) is 55.9 Å². The summed E-state index contributed by atoms with van der Waals surface area (Å²) in [5.74, 6) is 1.75. The van der Waals surface area contributed by atoms with E-state index in [-0.39, 0.29) is 17.4 Å². The van der Waals surface area contributed by atoms with Crippen molar-refractivity contribution in [2.24, 2.45) is 17.3 Å². The summed E-state index contributed by atoms with van der Waals surface area (Å²) in [6.07, 6.45) is 5.84. The van der Waals surface area contributed by atoms with Gasteiger partial charge in [0, 0.05) is 6.04 Å². The third-order valence-electron chi connectivity index (χ3n) is 5.33. The van der Waals surface area contributed by atoms with E-state index in [0.29, 0.717) is 6.04 Å². The molecule has 0 spiro atoms. The Kier molecular flexibility index (Phi) is 4.54. The quantitative estimate of drug-likeness (QED) is 0.807. The Labute approximate surface area is 117 Å². The molecule has 1 saturated carbocycles. The number of nitrogens with one attached hydrogen (secondary N) is 2. The summed E-state index contributed by atoms with van der Waals surface area (Å²) >= 11 is 0. The Hall–Kier alpha value is -0.570. The number of piperidine rings is 1. The molecule has 3 heteroatoms. The van der Waals surface area contributed by atoms with Gasteiger partial charge in [0.25, 0.3) is 0 Å². The number of carbonyl (C=O) groups is 1. The Morgan fingerprint density at radius 1 is 1.21 bits per heavy atom. The molecule has 0 aromatic carbocycles. The molecule has 4 unspecified atom stereocenters. The van der Waals surface area contributed by atoms with Crippen LogP contribution in [0, 0.1) is 17.3 Å². The zero-order chi connectivity index (χ0) is 14.0. The summed E-state index contributed by atoms with van der Waals surface area (Å²) in [5.41, 5.74) is 0.0793. The van der Waals surface area contributed by atoms with E-state index in [2.05, 4.69) is 38.3 Å². The Morgan fingerprint density at radius 2 is 1.95 bits per heavy atom. The van der Waals surface area contributed by atoms with Crippen molar-refractivity contribution < 1.29 is 4.79 Å². The number of amides is 1. The summed E-state index contributed by atoms with van der Waals surface area (Å²) in [6, 6.07) is 0.370. The molecule has 110 valence electrons. The maximum atomic E-state index is 12.5. The van der Waals surface area contributed by atoms with E-state index in [1.165, 1.54) is 12.8 Å². The zero-order valence-corrected chi connectivity index (χ0v) is 13.0. The minimum atomic E-state index is -0.0177. The van der Waals surface area contributed by atoms with E-state index < -0.39 is 0 Å². The first kappa shape index (κ1) is 14.8. The van der Waals surface area contributed by atoms with E-state index in [0.717, 1.165) is 37.6 Å². The Balaban J connectivity index is 1.90. The van der Waals surface area contributed by atoms with Gasteiger partial charge in [0.2, 0.25) is 5.91 Å². The van der Waals surface area contributed by atoms with Gasteiger partial charge in [-0.25, -0.2) is 0 Å². The summed E-state index contributed by atoms with van der Waals surface area (Å²) < 4.78 is 0. The van der Waals surface area contributed by atoms with Crippen LogP contribution in [0.3, 0.4) is 0 Å².